The second-order valence-corrected chi connectivity index (χ2v) is 7.09. The lowest BCUT2D eigenvalue weighted by Crippen LogP contribution is -2.49. The zero-order valence-corrected chi connectivity index (χ0v) is 13.3. The number of sulfonamides is 1. The molecule has 0 radical (unpaired) electrons. The summed E-state index contributed by atoms with van der Waals surface area (Å²) in [5.74, 6) is -0.618. The van der Waals surface area contributed by atoms with E-state index in [9.17, 15) is 12.8 Å². The highest BCUT2D eigenvalue weighted by atomic mass is 79.9. The first-order valence-corrected chi connectivity index (χ1v) is 8.25. The summed E-state index contributed by atoms with van der Waals surface area (Å²) >= 11 is 2.98. The Morgan fingerprint density at radius 1 is 1.37 bits per heavy atom. The standard InChI is InChI=1S/C12H18BrFN2O2S/c1-3-12(15,4-2)8-16-19(17,18)9-5-6-10(13)11(14)7-9/h5-7,16H,3-4,8,15H2,1-2H3. The van der Waals surface area contributed by atoms with Gasteiger partial charge in [0.1, 0.15) is 5.82 Å². The van der Waals surface area contributed by atoms with Gasteiger partial charge in [-0.2, -0.15) is 0 Å². The van der Waals surface area contributed by atoms with Gasteiger partial charge in [-0.3, -0.25) is 0 Å². The van der Waals surface area contributed by atoms with Gasteiger partial charge in [-0.15, -0.1) is 0 Å². The summed E-state index contributed by atoms with van der Waals surface area (Å²) in [6.07, 6.45) is 1.31. The van der Waals surface area contributed by atoms with Gasteiger partial charge in [-0.05, 0) is 47.0 Å². The number of rotatable bonds is 6. The first-order valence-electron chi connectivity index (χ1n) is 5.97. The Morgan fingerprint density at radius 3 is 2.42 bits per heavy atom. The molecule has 0 unspecified atom stereocenters. The maximum atomic E-state index is 13.4. The minimum atomic E-state index is -3.74. The van der Waals surface area contributed by atoms with E-state index in [1.807, 2.05) is 13.8 Å². The Morgan fingerprint density at radius 2 is 1.95 bits per heavy atom. The third-order valence-electron chi connectivity index (χ3n) is 3.22. The molecule has 0 amide bonds. The van der Waals surface area contributed by atoms with Crippen LogP contribution in [0.5, 0.6) is 0 Å². The first-order chi connectivity index (χ1) is 8.74. The predicted molar refractivity (Wildman–Crippen MR) is 76.8 cm³/mol. The monoisotopic (exact) mass is 352 g/mol. The molecule has 0 atom stereocenters. The second-order valence-electron chi connectivity index (χ2n) is 4.47. The Balaban J connectivity index is 2.90. The fraction of sp³-hybridized carbons (Fsp3) is 0.500. The van der Waals surface area contributed by atoms with Crippen molar-refractivity contribution in [1.29, 1.82) is 0 Å². The molecule has 0 saturated heterocycles. The van der Waals surface area contributed by atoms with Gasteiger partial charge >= 0.3 is 0 Å². The van der Waals surface area contributed by atoms with E-state index in [0.29, 0.717) is 12.8 Å². The molecule has 0 spiro atoms. The molecule has 0 bridgehead atoms. The average Bonchev–Trinajstić information content (AvgIpc) is 2.39. The molecule has 0 aliphatic rings. The smallest absolute Gasteiger partial charge is 0.240 e. The van der Waals surface area contributed by atoms with Gasteiger partial charge in [0.15, 0.2) is 0 Å². The Hall–Kier alpha value is -0.500. The number of hydrogen-bond donors (Lipinski definition) is 2. The van der Waals surface area contributed by atoms with E-state index in [4.69, 9.17) is 5.73 Å². The van der Waals surface area contributed by atoms with Crippen molar-refractivity contribution < 1.29 is 12.8 Å². The van der Waals surface area contributed by atoms with E-state index >= 15 is 0 Å². The van der Waals surface area contributed by atoms with E-state index in [1.165, 1.54) is 12.1 Å². The van der Waals surface area contributed by atoms with Crippen molar-refractivity contribution in [2.24, 2.45) is 5.73 Å². The molecule has 0 aromatic heterocycles. The fourth-order valence-electron chi connectivity index (χ4n) is 1.47. The molecule has 1 rings (SSSR count). The van der Waals surface area contributed by atoms with E-state index < -0.39 is 21.4 Å². The summed E-state index contributed by atoms with van der Waals surface area (Å²) < 4.78 is 40.1. The number of nitrogens with one attached hydrogen (secondary N) is 1. The first kappa shape index (κ1) is 16.6. The van der Waals surface area contributed by atoms with Crippen LogP contribution >= 0.6 is 15.9 Å². The molecular formula is C12H18BrFN2O2S. The van der Waals surface area contributed by atoms with Crippen LogP contribution < -0.4 is 10.5 Å². The van der Waals surface area contributed by atoms with Crippen LogP contribution in [0.15, 0.2) is 27.6 Å². The van der Waals surface area contributed by atoms with E-state index in [1.54, 1.807) is 0 Å². The highest BCUT2D eigenvalue weighted by molar-refractivity contribution is 9.10. The van der Waals surface area contributed by atoms with Crippen molar-refractivity contribution in [3.8, 4) is 0 Å². The predicted octanol–water partition coefficient (Wildman–Crippen LogP) is 2.38. The molecule has 0 heterocycles. The zero-order valence-electron chi connectivity index (χ0n) is 10.9. The van der Waals surface area contributed by atoms with Crippen molar-refractivity contribution in [3.05, 3.63) is 28.5 Å². The topological polar surface area (TPSA) is 72.2 Å². The van der Waals surface area contributed by atoms with Gasteiger partial charge in [0, 0.05) is 12.1 Å². The Labute approximate surface area is 121 Å². The van der Waals surface area contributed by atoms with Gasteiger partial charge in [0.05, 0.1) is 9.37 Å². The minimum Gasteiger partial charge on any atom is -0.324 e. The molecule has 0 aliphatic heterocycles. The van der Waals surface area contributed by atoms with Crippen molar-refractivity contribution in [1.82, 2.24) is 4.72 Å². The van der Waals surface area contributed by atoms with Crippen LogP contribution in [-0.2, 0) is 10.0 Å². The van der Waals surface area contributed by atoms with Crippen LogP contribution in [0.3, 0.4) is 0 Å². The van der Waals surface area contributed by atoms with Crippen molar-refractivity contribution in [2.45, 2.75) is 37.1 Å². The zero-order chi connectivity index (χ0) is 14.7. The molecule has 0 aliphatic carbocycles. The summed E-state index contributed by atoms with van der Waals surface area (Å²) in [6, 6.07) is 3.67. The maximum absolute atomic E-state index is 13.4. The SMILES string of the molecule is CCC(N)(CC)CNS(=O)(=O)c1ccc(Br)c(F)c1. The molecule has 19 heavy (non-hydrogen) atoms. The third-order valence-corrected chi connectivity index (χ3v) is 5.27. The molecule has 108 valence electrons. The lowest BCUT2D eigenvalue weighted by Gasteiger charge is -2.26. The second kappa shape index (κ2) is 6.30. The van der Waals surface area contributed by atoms with Crippen LogP contribution in [0.25, 0.3) is 0 Å². The van der Waals surface area contributed by atoms with Crippen molar-refractivity contribution in [3.63, 3.8) is 0 Å². The number of hydrogen-bond acceptors (Lipinski definition) is 3. The van der Waals surface area contributed by atoms with E-state index in [0.717, 1.165) is 6.07 Å². The van der Waals surface area contributed by atoms with Crippen LogP contribution in [0.2, 0.25) is 0 Å². The third kappa shape index (κ3) is 4.24. The van der Waals surface area contributed by atoms with Crippen LogP contribution in [-0.4, -0.2) is 20.5 Å². The average molecular weight is 353 g/mol. The lowest BCUT2D eigenvalue weighted by molar-refractivity contribution is 0.391. The minimum absolute atomic E-state index is 0.109. The van der Waals surface area contributed by atoms with Gasteiger partial charge in [0.2, 0.25) is 10.0 Å². The number of benzene rings is 1. The Bertz CT molecular complexity index is 545. The van der Waals surface area contributed by atoms with Crippen molar-refractivity contribution >= 4 is 26.0 Å². The van der Waals surface area contributed by atoms with Gasteiger partial charge in [-0.25, -0.2) is 17.5 Å². The summed E-state index contributed by atoms with van der Waals surface area (Å²) in [7, 11) is -3.74. The van der Waals surface area contributed by atoms with Crippen LogP contribution in [0.4, 0.5) is 4.39 Å². The molecule has 4 nitrogen and oxygen atoms in total. The number of halogens is 2. The highest BCUT2D eigenvalue weighted by Crippen LogP contribution is 2.19. The maximum Gasteiger partial charge on any atom is 0.240 e. The quantitative estimate of drug-likeness (QED) is 0.825. The molecule has 1 aromatic rings. The largest absolute Gasteiger partial charge is 0.324 e. The van der Waals surface area contributed by atoms with Crippen LogP contribution in [0, 0.1) is 5.82 Å². The normalized spacial score (nSPS) is 12.7. The van der Waals surface area contributed by atoms with E-state index in [2.05, 4.69) is 20.7 Å². The number of nitrogens with two attached hydrogens (primary N) is 1. The molecule has 3 N–H and O–H groups in total. The van der Waals surface area contributed by atoms with Gasteiger partial charge in [0.25, 0.3) is 0 Å². The summed E-state index contributed by atoms with van der Waals surface area (Å²) in [5, 5.41) is 0. The summed E-state index contributed by atoms with van der Waals surface area (Å²) in [5.41, 5.74) is 5.44. The molecule has 1 aromatic carbocycles. The molecular weight excluding hydrogens is 335 g/mol. The van der Waals surface area contributed by atoms with E-state index in [-0.39, 0.29) is 15.9 Å². The summed E-state index contributed by atoms with van der Waals surface area (Å²) in [6.45, 7) is 3.92. The summed E-state index contributed by atoms with van der Waals surface area (Å²) in [4.78, 5) is -0.109. The fourth-order valence-corrected chi connectivity index (χ4v) is 2.86. The lowest BCUT2D eigenvalue weighted by atomic mass is 9.95. The highest BCUT2D eigenvalue weighted by Gasteiger charge is 2.24. The van der Waals surface area contributed by atoms with Gasteiger partial charge in [-0.1, -0.05) is 13.8 Å². The molecule has 7 heteroatoms. The van der Waals surface area contributed by atoms with Gasteiger partial charge < -0.3 is 5.73 Å². The van der Waals surface area contributed by atoms with Crippen molar-refractivity contribution in [2.75, 3.05) is 6.54 Å². The Kier molecular flexibility index (Phi) is 5.49. The molecule has 0 saturated carbocycles. The molecule has 0 fully saturated rings. The van der Waals surface area contributed by atoms with Crippen LogP contribution in [0.1, 0.15) is 26.7 Å².